The lowest BCUT2D eigenvalue weighted by Gasteiger charge is -2.08. The Hall–Kier alpha value is -2.56. The Morgan fingerprint density at radius 1 is 1.25 bits per heavy atom. The molecule has 0 fully saturated rings. The molecule has 2 aromatic carbocycles. The van der Waals surface area contributed by atoms with E-state index in [4.69, 9.17) is 10.9 Å². The molecule has 0 amide bonds. The zero-order chi connectivity index (χ0) is 14.5. The van der Waals surface area contributed by atoms with E-state index in [0.29, 0.717) is 17.7 Å². The van der Waals surface area contributed by atoms with Gasteiger partial charge in [0.2, 0.25) is 0 Å². The molecule has 0 spiro atoms. The predicted octanol–water partition coefficient (Wildman–Crippen LogP) is 2.84. The lowest BCUT2D eigenvalue weighted by molar-refractivity contribution is 0.318. The number of nitrogens with zero attached hydrogens (tertiary/aromatic N) is 1. The number of nitrogens with one attached hydrogen (secondary N) is 1. The van der Waals surface area contributed by atoms with Crippen molar-refractivity contribution in [2.75, 3.05) is 5.32 Å². The SMILES string of the molecule is Cc1ccc(NCc2cc(F)cc(/C(N)=N/O)c2)cc1. The minimum atomic E-state index is -0.421. The first kappa shape index (κ1) is 13.9. The average molecular weight is 273 g/mol. The summed E-state index contributed by atoms with van der Waals surface area (Å²) < 4.78 is 13.5. The Morgan fingerprint density at radius 3 is 2.60 bits per heavy atom. The molecule has 0 saturated heterocycles. The molecule has 0 atom stereocenters. The molecule has 4 N–H and O–H groups in total. The first-order chi connectivity index (χ1) is 9.58. The van der Waals surface area contributed by atoms with Crippen LogP contribution in [0.5, 0.6) is 0 Å². The molecule has 0 radical (unpaired) electrons. The van der Waals surface area contributed by atoms with Gasteiger partial charge in [0, 0.05) is 17.8 Å². The van der Waals surface area contributed by atoms with Crippen LogP contribution in [-0.2, 0) is 6.54 Å². The van der Waals surface area contributed by atoms with Crippen molar-refractivity contribution in [3.8, 4) is 0 Å². The highest BCUT2D eigenvalue weighted by atomic mass is 19.1. The van der Waals surface area contributed by atoms with Crippen LogP contribution in [0.2, 0.25) is 0 Å². The normalized spacial score (nSPS) is 11.4. The van der Waals surface area contributed by atoms with Crippen LogP contribution in [0.1, 0.15) is 16.7 Å². The lowest BCUT2D eigenvalue weighted by Crippen LogP contribution is -2.14. The number of halogens is 1. The van der Waals surface area contributed by atoms with E-state index in [9.17, 15) is 4.39 Å². The molecule has 0 aromatic heterocycles. The molecule has 0 bridgehead atoms. The zero-order valence-corrected chi connectivity index (χ0v) is 11.1. The van der Waals surface area contributed by atoms with Crippen LogP contribution in [0.15, 0.2) is 47.6 Å². The minimum Gasteiger partial charge on any atom is -0.409 e. The van der Waals surface area contributed by atoms with Gasteiger partial charge in [-0.25, -0.2) is 4.39 Å². The van der Waals surface area contributed by atoms with Crippen LogP contribution >= 0.6 is 0 Å². The maximum absolute atomic E-state index is 13.5. The third kappa shape index (κ3) is 3.47. The summed E-state index contributed by atoms with van der Waals surface area (Å²) in [6.07, 6.45) is 0. The molecule has 0 unspecified atom stereocenters. The second-order valence-electron chi connectivity index (χ2n) is 4.55. The number of anilines is 1. The first-order valence-corrected chi connectivity index (χ1v) is 6.16. The molecule has 0 saturated carbocycles. The molecule has 104 valence electrons. The summed E-state index contributed by atoms with van der Waals surface area (Å²) in [5, 5.41) is 14.7. The minimum absolute atomic E-state index is 0.110. The number of amidine groups is 1. The van der Waals surface area contributed by atoms with E-state index in [1.807, 2.05) is 31.2 Å². The highest BCUT2D eigenvalue weighted by Gasteiger charge is 2.05. The topological polar surface area (TPSA) is 70.6 Å². The van der Waals surface area contributed by atoms with Crippen LogP contribution < -0.4 is 11.1 Å². The summed E-state index contributed by atoms with van der Waals surface area (Å²) in [5.41, 5.74) is 8.66. The fourth-order valence-electron chi connectivity index (χ4n) is 1.83. The van der Waals surface area contributed by atoms with Gasteiger partial charge in [0.25, 0.3) is 0 Å². The van der Waals surface area contributed by atoms with Crippen LogP contribution in [-0.4, -0.2) is 11.0 Å². The second-order valence-corrected chi connectivity index (χ2v) is 4.55. The third-order valence-corrected chi connectivity index (χ3v) is 2.91. The Morgan fingerprint density at radius 2 is 1.95 bits per heavy atom. The van der Waals surface area contributed by atoms with Gasteiger partial charge >= 0.3 is 0 Å². The standard InChI is InChI=1S/C15H16FN3O/c1-10-2-4-14(5-3-10)18-9-11-6-12(15(17)19-20)8-13(16)7-11/h2-8,18,20H,9H2,1H3,(H2,17,19). The first-order valence-electron chi connectivity index (χ1n) is 6.16. The van der Waals surface area contributed by atoms with Gasteiger partial charge in [-0.3, -0.25) is 0 Å². The molecule has 0 aliphatic rings. The van der Waals surface area contributed by atoms with E-state index in [0.717, 1.165) is 5.69 Å². The molecule has 20 heavy (non-hydrogen) atoms. The Kier molecular flexibility index (Phi) is 4.20. The van der Waals surface area contributed by atoms with Gasteiger partial charge < -0.3 is 16.3 Å². The summed E-state index contributed by atoms with van der Waals surface area (Å²) >= 11 is 0. The summed E-state index contributed by atoms with van der Waals surface area (Å²) in [6.45, 7) is 2.46. The number of aryl methyl sites for hydroxylation is 1. The molecule has 2 aromatic rings. The summed E-state index contributed by atoms with van der Waals surface area (Å²) in [7, 11) is 0. The van der Waals surface area contributed by atoms with Crippen molar-refractivity contribution in [1.82, 2.24) is 0 Å². The third-order valence-electron chi connectivity index (χ3n) is 2.91. The van der Waals surface area contributed by atoms with Gasteiger partial charge in [0.1, 0.15) is 5.82 Å². The van der Waals surface area contributed by atoms with Crippen LogP contribution in [0.4, 0.5) is 10.1 Å². The number of nitrogens with two attached hydrogens (primary N) is 1. The van der Waals surface area contributed by atoms with Gasteiger partial charge in [-0.15, -0.1) is 0 Å². The van der Waals surface area contributed by atoms with Gasteiger partial charge in [-0.1, -0.05) is 22.9 Å². The summed E-state index contributed by atoms with van der Waals surface area (Å²) in [6, 6.07) is 12.2. The van der Waals surface area contributed by atoms with Gasteiger partial charge in [-0.05, 0) is 42.8 Å². The van der Waals surface area contributed by atoms with E-state index in [-0.39, 0.29) is 5.84 Å². The maximum atomic E-state index is 13.5. The van der Waals surface area contributed by atoms with E-state index >= 15 is 0 Å². The van der Waals surface area contributed by atoms with Crippen molar-refractivity contribution >= 4 is 11.5 Å². The summed E-state index contributed by atoms with van der Waals surface area (Å²) in [5.74, 6) is -0.532. The second kappa shape index (κ2) is 6.06. The average Bonchev–Trinajstić information content (AvgIpc) is 2.45. The molecule has 0 aliphatic heterocycles. The highest BCUT2D eigenvalue weighted by Crippen LogP contribution is 2.13. The maximum Gasteiger partial charge on any atom is 0.170 e. The number of benzene rings is 2. The number of rotatable bonds is 4. The van der Waals surface area contributed by atoms with Crippen molar-refractivity contribution in [1.29, 1.82) is 0 Å². The fourth-order valence-corrected chi connectivity index (χ4v) is 1.83. The molecule has 4 nitrogen and oxygen atoms in total. The Bertz CT molecular complexity index is 624. The fraction of sp³-hybridized carbons (Fsp3) is 0.133. The van der Waals surface area contributed by atoms with Crippen molar-refractivity contribution in [3.63, 3.8) is 0 Å². The predicted molar refractivity (Wildman–Crippen MR) is 77.4 cm³/mol. The van der Waals surface area contributed by atoms with Crippen molar-refractivity contribution < 1.29 is 9.60 Å². The Balaban J connectivity index is 2.13. The number of oxime groups is 1. The largest absolute Gasteiger partial charge is 0.409 e. The van der Waals surface area contributed by atoms with E-state index in [1.165, 1.54) is 17.7 Å². The van der Waals surface area contributed by atoms with Crippen LogP contribution in [0, 0.1) is 12.7 Å². The summed E-state index contributed by atoms with van der Waals surface area (Å²) in [4.78, 5) is 0. The van der Waals surface area contributed by atoms with Crippen molar-refractivity contribution in [2.45, 2.75) is 13.5 Å². The van der Waals surface area contributed by atoms with Gasteiger partial charge in [0.05, 0.1) is 0 Å². The zero-order valence-electron chi connectivity index (χ0n) is 11.1. The van der Waals surface area contributed by atoms with Crippen molar-refractivity contribution in [3.05, 3.63) is 65.0 Å². The highest BCUT2D eigenvalue weighted by molar-refractivity contribution is 5.97. The van der Waals surface area contributed by atoms with Gasteiger partial charge in [0.15, 0.2) is 5.84 Å². The van der Waals surface area contributed by atoms with E-state index in [2.05, 4.69) is 10.5 Å². The number of hydrogen-bond acceptors (Lipinski definition) is 3. The smallest absolute Gasteiger partial charge is 0.170 e. The molecular weight excluding hydrogens is 257 g/mol. The molecule has 0 heterocycles. The van der Waals surface area contributed by atoms with Gasteiger partial charge in [-0.2, -0.15) is 0 Å². The number of hydrogen-bond donors (Lipinski definition) is 3. The van der Waals surface area contributed by atoms with Crippen LogP contribution in [0.25, 0.3) is 0 Å². The monoisotopic (exact) mass is 273 g/mol. The van der Waals surface area contributed by atoms with Crippen LogP contribution in [0.3, 0.4) is 0 Å². The quantitative estimate of drug-likeness (QED) is 0.347. The molecule has 0 aliphatic carbocycles. The van der Waals surface area contributed by atoms with E-state index < -0.39 is 5.82 Å². The molecular formula is C15H16FN3O. The Labute approximate surface area is 116 Å². The molecule has 2 rings (SSSR count). The van der Waals surface area contributed by atoms with Crippen molar-refractivity contribution in [2.24, 2.45) is 10.9 Å². The molecule has 5 heteroatoms. The van der Waals surface area contributed by atoms with E-state index in [1.54, 1.807) is 6.07 Å². The lowest BCUT2D eigenvalue weighted by atomic mass is 10.1.